The van der Waals surface area contributed by atoms with E-state index in [0.29, 0.717) is 13.1 Å². The van der Waals surface area contributed by atoms with Crippen molar-refractivity contribution in [2.45, 2.75) is 22.6 Å². The van der Waals surface area contributed by atoms with Crippen LogP contribution in [0.2, 0.25) is 0 Å². The van der Waals surface area contributed by atoms with Crippen molar-refractivity contribution in [3.05, 3.63) is 53.6 Å². The van der Waals surface area contributed by atoms with Gasteiger partial charge in [0.1, 0.15) is 10.6 Å². The second-order valence-corrected chi connectivity index (χ2v) is 11.0. The Kier molecular flexibility index (Phi) is 7.52. The highest BCUT2D eigenvalue weighted by Gasteiger charge is 2.27. The zero-order valence-corrected chi connectivity index (χ0v) is 19.7. The Morgan fingerprint density at radius 3 is 2.15 bits per heavy atom. The van der Waals surface area contributed by atoms with E-state index in [9.17, 15) is 26.4 Å². The van der Waals surface area contributed by atoms with Crippen LogP contribution in [0.25, 0.3) is 0 Å². The number of nitrogens with one attached hydrogen (secondary N) is 1. The van der Waals surface area contributed by atoms with Crippen LogP contribution in [0.1, 0.15) is 33.6 Å². The second kappa shape index (κ2) is 10.00. The number of carbonyl (C=O) groups is 2. The van der Waals surface area contributed by atoms with Crippen molar-refractivity contribution in [1.29, 1.82) is 0 Å². The molecule has 1 heterocycles. The quantitative estimate of drug-likeness (QED) is 0.407. The molecule has 1 aliphatic rings. The van der Waals surface area contributed by atoms with Crippen LogP contribution >= 0.6 is 0 Å². The van der Waals surface area contributed by atoms with Crippen LogP contribution in [-0.2, 0) is 24.8 Å². The summed E-state index contributed by atoms with van der Waals surface area (Å²) in [5.74, 6) is -1.39. The third kappa shape index (κ3) is 5.41. The predicted molar refractivity (Wildman–Crippen MR) is 118 cm³/mol. The van der Waals surface area contributed by atoms with Crippen molar-refractivity contribution in [1.82, 2.24) is 9.03 Å². The fraction of sp³-hybridized carbons (Fsp3) is 0.333. The molecule has 1 fully saturated rings. The van der Waals surface area contributed by atoms with Gasteiger partial charge in [0, 0.05) is 18.7 Å². The molecule has 0 unspecified atom stereocenters. The Hall–Kier alpha value is -2.80. The third-order valence-corrected chi connectivity index (χ3v) is 8.52. The van der Waals surface area contributed by atoms with Crippen molar-refractivity contribution >= 4 is 31.8 Å². The van der Waals surface area contributed by atoms with Gasteiger partial charge in [-0.25, -0.2) is 26.4 Å². The zero-order valence-electron chi connectivity index (χ0n) is 18.1. The van der Waals surface area contributed by atoms with Crippen LogP contribution < -0.4 is 9.46 Å². The lowest BCUT2D eigenvalue weighted by Gasteiger charge is -2.15. The third-order valence-electron chi connectivity index (χ3n) is 5.17. The van der Waals surface area contributed by atoms with Crippen LogP contribution in [0.15, 0.2) is 52.3 Å². The maximum absolute atomic E-state index is 12.6. The van der Waals surface area contributed by atoms with E-state index in [-0.39, 0.29) is 26.7 Å². The lowest BCUT2D eigenvalue weighted by molar-refractivity contribution is 0.0474. The highest BCUT2D eigenvalue weighted by molar-refractivity contribution is 7.89. The Morgan fingerprint density at radius 2 is 1.58 bits per heavy atom. The first-order chi connectivity index (χ1) is 15.6. The number of nitrogens with zero attached hydrogens (tertiary/aromatic N) is 1. The highest BCUT2D eigenvalue weighted by Crippen LogP contribution is 2.25. The maximum atomic E-state index is 12.6. The molecular weight excluding hydrogens is 472 g/mol. The summed E-state index contributed by atoms with van der Waals surface area (Å²) in [7, 11) is -4.97. The minimum Gasteiger partial charge on any atom is -0.495 e. The molecule has 1 aliphatic heterocycles. The average molecular weight is 497 g/mol. The average Bonchev–Trinajstić information content (AvgIpc) is 3.38. The summed E-state index contributed by atoms with van der Waals surface area (Å²) < 4.78 is 63.0. The number of ketones is 1. The molecular formula is C21H24N2O8S2. The molecule has 0 bridgehead atoms. The van der Waals surface area contributed by atoms with Crippen molar-refractivity contribution in [3.8, 4) is 5.75 Å². The van der Waals surface area contributed by atoms with Crippen molar-refractivity contribution < 1.29 is 35.9 Å². The number of Topliss-reactive ketones (excluding diaryl/α,β-unsaturated/α-hetero) is 1. The molecule has 0 atom stereocenters. The fourth-order valence-corrected chi connectivity index (χ4v) is 5.75. The summed E-state index contributed by atoms with van der Waals surface area (Å²) >= 11 is 0. The smallest absolute Gasteiger partial charge is 0.338 e. The molecule has 1 saturated heterocycles. The number of methoxy groups -OCH3 is 1. The summed E-state index contributed by atoms with van der Waals surface area (Å²) in [4.78, 5) is 24.6. The molecule has 0 radical (unpaired) electrons. The second-order valence-electron chi connectivity index (χ2n) is 7.21. The van der Waals surface area contributed by atoms with Gasteiger partial charge in [-0.1, -0.05) is 0 Å². The van der Waals surface area contributed by atoms with Gasteiger partial charge < -0.3 is 9.47 Å². The Labute approximate surface area is 192 Å². The van der Waals surface area contributed by atoms with Crippen molar-refractivity contribution in [2.24, 2.45) is 0 Å². The summed E-state index contributed by atoms with van der Waals surface area (Å²) in [5, 5.41) is 0. The molecule has 3 rings (SSSR count). The number of benzene rings is 2. The maximum Gasteiger partial charge on any atom is 0.338 e. The van der Waals surface area contributed by atoms with Gasteiger partial charge in [-0.05, 0) is 62.4 Å². The minimum absolute atomic E-state index is 0.0425. The van der Waals surface area contributed by atoms with Gasteiger partial charge in [-0.2, -0.15) is 4.31 Å². The van der Waals surface area contributed by atoms with Gasteiger partial charge in [0.2, 0.25) is 20.0 Å². The first-order valence-corrected chi connectivity index (χ1v) is 12.9. The van der Waals surface area contributed by atoms with Crippen molar-refractivity contribution in [3.63, 3.8) is 0 Å². The van der Waals surface area contributed by atoms with E-state index < -0.39 is 38.4 Å². The van der Waals surface area contributed by atoms with Gasteiger partial charge in [0.25, 0.3) is 0 Å². The molecule has 0 amide bonds. The summed E-state index contributed by atoms with van der Waals surface area (Å²) in [6.07, 6.45) is 1.63. The number of rotatable bonds is 9. The minimum atomic E-state index is -3.90. The lowest BCUT2D eigenvalue weighted by atomic mass is 10.1. The molecule has 0 aromatic heterocycles. The van der Waals surface area contributed by atoms with E-state index in [1.54, 1.807) is 0 Å². The summed E-state index contributed by atoms with van der Waals surface area (Å²) in [5.41, 5.74) is 0.0980. The molecule has 178 valence electrons. The Bertz CT molecular complexity index is 1250. The normalized spacial score (nSPS) is 14.7. The van der Waals surface area contributed by atoms with Crippen LogP contribution in [0.5, 0.6) is 5.75 Å². The molecule has 12 heteroatoms. The number of hydrogen-bond acceptors (Lipinski definition) is 8. The molecule has 33 heavy (non-hydrogen) atoms. The van der Waals surface area contributed by atoms with Gasteiger partial charge in [0.15, 0.2) is 12.4 Å². The number of esters is 1. The topological polar surface area (TPSA) is 136 Å². The Morgan fingerprint density at radius 1 is 0.970 bits per heavy atom. The lowest BCUT2D eigenvalue weighted by Crippen LogP contribution is -2.27. The van der Waals surface area contributed by atoms with Gasteiger partial charge in [-0.15, -0.1) is 0 Å². The first kappa shape index (κ1) is 24.8. The number of hydrogen-bond donors (Lipinski definition) is 1. The molecule has 0 aliphatic carbocycles. The fourth-order valence-electron chi connectivity index (χ4n) is 3.31. The van der Waals surface area contributed by atoms with E-state index in [1.165, 1.54) is 54.9 Å². The zero-order chi connectivity index (χ0) is 24.2. The van der Waals surface area contributed by atoms with Gasteiger partial charge >= 0.3 is 5.97 Å². The van der Waals surface area contributed by atoms with Crippen LogP contribution in [0, 0.1) is 0 Å². The van der Waals surface area contributed by atoms with Crippen LogP contribution in [0.3, 0.4) is 0 Å². The molecule has 2 aromatic carbocycles. The van der Waals surface area contributed by atoms with E-state index >= 15 is 0 Å². The van der Waals surface area contributed by atoms with E-state index in [0.717, 1.165) is 18.9 Å². The molecule has 2 aromatic rings. The van der Waals surface area contributed by atoms with E-state index in [2.05, 4.69) is 4.72 Å². The number of ether oxygens (including phenoxy) is 2. The molecule has 1 N–H and O–H groups in total. The highest BCUT2D eigenvalue weighted by atomic mass is 32.2. The van der Waals surface area contributed by atoms with Crippen molar-refractivity contribution in [2.75, 3.05) is 33.9 Å². The standard InChI is InChI=1S/C21H24N2O8S2/c1-22-32(26,27)20-13-16(7-10-19(20)30-2)21(25)31-14-18(24)15-5-8-17(9-6-15)33(28,29)23-11-3-4-12-23/h5-10,13,22H,3-4,11-12,14H2,1-2H3. The predicted octanol–water partition coefficient (Wildman–Crippen LogP) is 1.43. The summed E-state index contributed by atoms with van der Waals surface area (Å²) in [6, 6.07) is 9.15. The Balaban J connectivity index is 1.68. The number of sulfonamides is 2. The largest absolute Gasteiger partial charge is 0.495 e. The molecule has 0 saturated carbocycles. The monoisotopic (exact) mass is 496 g/mol. The SMILES string of the molecule is CNS(=O)(=O)c1cc(C(=O)OCC(=O)c2ccc(S(=O)(=O)N3CCCC3)cc2)ccc1OC. The number of carbonyl (C=O) groups excluding carboxylic acids is 2. The van der Waals surface area contributed by atoms with Crippen LogP contribution in [0.4, 0.5) is 0 Å². The van der Waals surface area contributed by atoms with E-state index in [4.69, 9.17) is 9.47 Å². The molecule has 10 nitrogen and oxygen atoms in total. The van der Waals surface area contributed by atoms with Crippen LogP contribution in [-0.4, -0.2) is 66.7 Å². The summed E-state index contributed by atoms with van der Waals surface area (Å²) in [6.45, 7) is 0.348. The molecule has 0 spiro atoms. The first-order valence-electron chi connectivity index (χ1n) is 10.0. The van der Waals surface area contributed by atoms with Gasteiger partial charge in [-0.3, -0.25) is 4.79 Å². The van der Waals surface area contributed by atoms with E-state index in [1.807, 2.05) is 0 Å². The van der Waals surface area contributed by atoms with Gasteiger partial charge in [0.05, 0.1) is 17.6 Å².